The van der Waals surface area contributed by atoms with Gasteiger partial charge in [0.2, 0.25) is 5.91 Å². The molecular weight excluding hydrogens is 421 g/mol. The first kappa shape index (κ1) is 21.9. The molecule has 4 rings (SSSR count). The lowest BCUT2D eigenvalue weighted by molar-refractivity contribution is -0.137. The Morgan fingerprint density at radius 1 is 1.28 bits per heavy atom. The molecule has 7 nitrogen and oxygen atoms in total. The van der Waals surface area contributed by atoms with Crippen molar-refractivity contribution in [3.8, 4) is 0 Å². The molecule has 32 heavy (non-hydrogen) atoms. The van der Waals surface area contributed by atoms with Crippen LogP contribution in [-0.4, -0.2) is 40.3 Å². The van der Waals surface area contributed by atoms with Crippen LogP contribution in [0, 0.1) is 6.92 Å². The number of likely N-dealkylation sites (tertiary alicyclic amines) is 1. The molecular formula is C22H25F3N6O. The van der Waals surface area contributed by atoms with Crippen molar-refractivity contribution in [2.75, 3.05) is 18.4 Å². The maximum atomic E-state index is 12.8. The number of hydrogen-bond acceptors (Lipinski definition) is 5. The second-order valence-electron chi connectivity index (χ2n) is 8.49. The Labute approximate surface area is 183 Å². The number of nitrogens with zero attached hydrogens (tertiary/aromatic N) is 3. The first-order valence-electron chi connectivity index (χ1n) is 10.4. The second-order valence-corrected chi connectivity index (χ2v) is 8.49. The van der Waals surface area contributed by atoms with Gasteiger partial charge in [-0.15, -0.1) is 0 Å². The van der Waals surface area contributed by atoms with Crippen molar-refractivity contribution in [3.63, 3.8) is 0 Å². The van der Waals surface area contributed by atoms with Gasteiger partial charge in [-0.25, -0.2) is 4.98 Å². The van der Waals surface area contributed by atoms with Gasteiger partial charge in [-0.3, -0.25) is 4.79 Å². The minimum atomic E-state index is -4.39. The van der Waals surface area contributed by atoms with Crippen molar-refractivity contribution < 1.29 is 18.0 Å². The fourth-order valence-corrected chi connectivity index (χ4v) is 4.45. The number of benzene rings is 1. The Morgan fingerprint density at radius 2 is 2.00 bits per heavy atom. The third kappa shape index (κ3) is 4.21. The van der Waals surface area contributed by atoms with Gasteiger partial charge in [-0.05, 0) is 55.5 Å². The van der Waals surface area contributed by atoms with E-state index in [4.69, 9.17) is 11.6 Å². The molecule has 0 radical (unpaired) electrons. The number of anilines is 1. The Bertz CT molecular complexity index is 1070. The monoisotopic (exact) mass is 446 g/mol. The maximum absolute atomic E-state index is 12.8. The van der Waals surface area contributed by atoms with Gasteiger partial charge in [0.15, 0.2) is 5.84 Å². The number of hydrogen-bond donors (Lipinski definition) is 3. The molecule has 1 atom stereocenters. The van der Waals surface area contributed by atoms with Crippen LogP contribution in [0.25, 0.3) is 0 Å². The van der Waals surface area contributed by atoms with Crippen LogP contribution in [0.1, 0.15) is 40.8 Å². The summed E-state index contributed by atoms with van der Waals surface area (Å²) >= 11 is 0. The van der Waals surface area contributed by atoms with E-state index >= 15 is 0 Å². The minimum absolute atomic E-state index is 0.0726. The van der Waals surface area contributed by atoms with E-state index in [0.29, 0.717) is 29.9 Å². The SMILES string of the molecule is Cc1nc2c(cc1/C(N)=N/N)CC[C@@]1(CCN(C(=O)Cc3ccc(C(F)(F)F)cc3)C1)N2. The first-order chi connectivity index (χ1) is 15.1. The minimum Gasteiger partial charge on any atom is -0.382 e. The molecule has 5 N–H and O–H groups in total. The molecule has 0 saturated carbocycles. The molecule has 2 aliphatic rings. The Hall–Kier alpha value is -3.30. The van der Waals surface area contributed by atoms with E-state index in [1.54, 1.807) is 4.90 Å². The maximum Gasteiger partial charge on any atom is 0.416 e. The smallest absolute Gasteiger partial charge is 0.382 e. The van der Waals surface area contributed by atoms with Crippen LogP contribution in [0.4, 0.5) is 19.0 Å². The fraction of sp³-hybridized carbons (Fsp3) is 0.409. The van der Waals surface area contributed by atoms with Crippen molar-refractivity contribution in [2.24, 2.45) is 16.7 Å². The predicted octanol–water partition coefficient (Wildman–Crippen LogP) is 2.56. The Morgan fingerprint density at radius 3 is 2.66 bits per heavy atom. The number of hydrazone groups is 1. The molecule has 1 spiro atoms. The summed E-state index contributed by atoms with van der Waals surface area (Å²) in [5, 5.41) is 7.08. The molecule has 1 saturated heterocycles. The van der Waals surface area contributed by atoms with Gasteiger partial charge in [0.25, 0.3) is 0 Å². The number of halogens is 3. The van der Waals surface area contributed by atoms with E-state index in [1.807, 2.05) is 13.0 Å². The normalized spacial score (nSPS) is 20.9. The van der Waals surface area contributed by atoms with Gasteiger partial charge in [0.1, 0.15) is 5.82 Å². The van der Waals surface area contributed by atoms with E-state index in [1.165, 1.54) is 12.1 Å². The molecule has 1 aromatic heterocycles. The average Bonchev–Trinajstić information content (AvgIpc) is 3.16. The number of aromatic nitrogens is 1. The Balaban J connectivity index is 1.43. The van der Waals surface area contributed by atoms with Crippen molar-refractivity contribution >= 4 is 17.6 Å². The van der Waals surface area contributed by atoms with E-state index in [9.17, 15) is 18.0 Å². The highest BCUT2D eigenvalue weighted by atomic mass is 19.4. The summed E-state index contributed by atoms with van der Waals surface area (Å²) in [5.74, 6) is 6.22. The first-order valence-corrected chi connectivity index (χ1v) is 10.4. The highest BCUT2D eigenvalue weighted by Crippen LogP contribution is 2.37. The number of rotatable bonds is 3. The number of amidine groups is 1. The van der Waals surface area contributed by atoms with Crippen molar-refractivity contribution in [1.82, 2.24) is 9.88 Å². The number of carbonyl (C=O) groups is 1. The van der Waals surface area contributed by atoms with E-state index < -0.39 is 11.7 Å². The van der Waals surface area contributed by atoms with E-state index in [0.717, 1.165) is 42.8 Å². The number of nitrogens with two attached hydrogens (primary N) is 2. The summed E-state index contributed by atoms with van der Waals surface area (Å²) in [6, 6.07) is 6.70. The van der Waals surface area contributed by atoms with Crippen LogP contribution >= 0.6 is 0 Å². The fourth-order valence-electron chi connectivity index (χ4n) is 4.45. The molecule has 2 aromatic rings. The number of fused-ring (bicyclic) bond motifs is 1. The summed E-state index contributed by atoms with van der Waals surface area (Å²) in [7, 11) is 0. The summed E-state index contributed by atoms with van der Waals surface area (Å²) in [5.41, 5.74) is 7.89. The third-order valence-corrected chi connectivity index (χ3v) is 6.31. The molecule has 1 fully saturated rings. The summed E-state index contributed by atoms with van der Waals surface area (Å²) in [6.45, 7) is 2.96. The van der Waals surface area contributed by atoms with Crippen LogP contribution in [-0.2, 0) is 23.8 Å². The van der Waals surface area contributed by atoms with Crippen LogP contribution in [0.2, 0.25) is 0 Å². The lowest BCUT2D eigenvalue weighted by atomic mass is 9.86. The number of alkyl halides is 3. The summed E-state index contributed by atoms with van der Waals surface area (Å²) in [4.78, 5) is 19.2. The molecule has 0 aliphatic carbocycles. The van der Waals surface area contributed by atoms with Gasteiger partial charge in [-0.2, -0.15) is 18.3 Å². The van der Waals surface area contributed by atoms with Crippen molar-refractivity contribution in [1.29, 1.82) is 0 Å². The molecule has 170 valence electrons. The highest BCUT2D eigenvalue weighted by Gasteiger charge is 2.42. The molecule has 10 heteroatoms. The number of nitrogens with one attached hydrogen (secondary N) is 1. The zero-order valence-electron chi connectivity index (χ0n) is 17.7. The number of carbonyl (C=O) groups excluding carboxylic acids is 1. The predicted molar refractivity (Wildman–Crippen MR) is 115 cm³/mol. The van der Waals surface area contributed by atoms with Crippen LogP contribution in [0.5, 0.6) is 0 Å². The van der Waals surface area contributed by atoms with Crippen LogP contribution < -0.4 is 16.9 Å². The van der Waals surface area contributed by atoms with Gasteiger partial charge < -0.3 is 21.8 Å². The third-order valence-electron chi connectivity index (χ3n) is 6.31. The van der Waals surface area contributed by atoms with E-state index in [-0.39, 0.29) is 23.7 Å². The molecule has 1 aromatic carbocycles. The number of pyridine rings is 1. The van der Waals surface area contributed by atoms with Crippen LogP contribution in [0.15, 0.2) is 35.4 Å². The number of aryl methyl sites for hydroxylation is 2. The van der Waals surface area contributed by atoms with Crippen LogP contribution in [0.3, 0.4) is 0 Å². The number of amides is 1. The van der Waals surface area contributed by atoms with E-state index in [2.05, 4.69) is 15.4 Å². The second kappa shape index (κ2) is 7.99. The lowest BCUT2D eigenvalue weighted by Gasteiger charge is -2.36. The highest BCUT2D eigenvalue weighted by molar-refractivity contribution is 5.98. The molecule has 0 unspecified atom stereocenters. The topological polar surface area (TPSA) is 110 Å². The quantitative estimate of drug-likeness (QED) is 0.291. The molecule has 0 bridgehead atoms. The van der Waals surface area contributed by atoms with Gasteiger partial charge >= 0.3 is 6.18 Å². The molecule has 3 heterocycles. The average molecular weight is 446 g/mol. The van der Waals surface area contributed by atoms with Gasteiger partial charge in [-0.1, -0.05) is 12.1 Å². The largest absolute Gasteiger partial charge is 0.416 e. The van der Waals surface area contributed by atoms with Crippen molar-refractivity contribution in [2.45, 2.75) is 44.3 Å². The summed E-state index contributed by atoms with van der Waals surface area (Å²) < 4.78 is 38.2. The lowest BCUT2D eigenvalue weighted by Crippen LogP contribution is -2.45. The van der Waals surface area contributed by atoms with Gasteiger partial charge in [0.05, 0.1) is 23.2 Å². The molecule has 2 aliphatic heterocycles. The zero-order valence-corrected chi connectivity index (χ0v) is 17.7. The molecule has 1 amide bonds. The van der Waals surface area contributed by atoms with Crippen molar-refractivity contribution in [3.05, 3.63) is 58.3 Å². The zero-order chi connectivity index (χ0) is 23.1. The Kier molecular flexibility index (Phi) is 5.47. The van der Waals surface area contributed by atoms with Gasteiger partial charge in [0, 0.05) is 18.7 Å². The standard InChI is InChI=1S/C22H25F3N6O/c1-13-17(19(26)30-27)11-15-6-7-21(29-20(15)28-13)8-9-31(12-21)18(32)10-14-2-4-16(5-3-14)22(23,24)25/h2-5,11H,6-10,12,27H2,1H3,(H2,26,30)(H,28,29)/t21-/m0/s1. The summed E-state index contributed by atoms with van der Waals surface area (Å²) in [6.07, 6.45) is -1.93.